The highest BCUT2D eigenvalue weighted by atomic mass is 127. The maximum absolute atomic E-state index is 11.2. The number of nitro benzene ring substituents is 1. The molecule has 0 fully saturated rings. The Bertz CT molecular complexity index is 419. The van der Waals surface area contributed by atoms with Crippen molar-refractivity contribution in [2.75, 3.05) is 6.61 Å². The maximum atomic E-state index is 11.2. The monoisotopic (exact) mass is 335 g/mol. The molecule has 0 spiro atoms. The lowest BCUT2D eigenvalue weighted by Gasteiger charge is -2.03. The number of halogens is 1. The van der Waals surface area contributed by atoms with Crippen LogP contribution in [0.2, 0.25) is 0 Å². The summed E-state index contributed by atoms with van der Waals surface area (Å²) in [4.78, 5) is 21.5. The predicted octanol–water partition coefficient (Wildman–Crippen LogP) is 2.31. The standard InChI is InChI=1S/C10H10INO4/c1-2-16-10(13)5-7-3-4-8(11)6-9(7)12(14)15/h3-4,6H,2,5H2,1H3. The van der Waals surface area contributed by atoms with Crippen LogP contribution in [0.5, 0.6) is 0 Å². The lowest BCUT2D eigenvalue weighted by molar-refractivity contribution is -0.385. The molecule has 0 bridgehead atoms. The molecule has 1 aromatic carbocycles. The van der Waals surface area contributed by atoms with Crippen molar-refractivity contribution in [1.29, 1.82) is 0 Å². The topological polar surface area (TPSA) is 69.4 Å². The van der Waals surface area contributed by atoms with Crippen molar-refractivity contribution < 1.29 is 14.5 Å². The van der Waals surface area contributed by atoms with Gasteiger partial charge in [0.2, 0.25) is 0 Å². The number of benzene rings is 1. The van der Waals surface area contributed by atoms with E-state index < -0.39 is 10.9 Å². The summed E-state index contributed by atoms with van der Waals surface area (Å²) in [5, 5.41) is 10.8. The lowest BCUT2D eigenvalue weighted by atomic mass is 10.1. The van der Waals surface area contributed by atoms with Gasteiger partial charge in [0, 0.05) is 15.2 Å². The second kappa shape index (κ2) is 5.78. The van der Waals surface area contributed by atoms with E-state index in [0.29, 0.717) is 5.56 Å². The maximum Gasteiger partial charge on any atom is 0.310 e. The predicted molar refractivity (Wildman–Crippen MR) is 66.2 cm³/mol. The summed E-state index contributed by atoms with van der Waals surface area (Å²) in [5.41, 5.74) is 0.337. The molecule has 0 N–H and O–H groups in total. The third-order valence-electron chi connectivity index (χ3n) is 1.88. The average molecular weight is 335 g/mol. The molecule has 0 radical (unpaired) electrons. The molecular formula is C10H10INO4. The van der Waals surface area contributed by atoms with Gasteiger partial charge in [-0.15, -0.1) is 0 Å². The molecule has 0 aliphatic rings. The van der Waals surface area contributed by atoms with E-state index in [1.165, 1.54) is 6.07 Å². The minimum absolute atomic E-state index is 0.0417. The van der Waals surface area contributed by atoms with Crippen LogP contribution >= 0.6 is 22.6 Å². The molecule has 16 heavy (non-hydrogen) atoms. The first-order valence-electron chi connectivity index (χ1n) is 4.63. The zero-order valence-electron chi connectivity index (χ0n) is 8.60. The average Bonchev–Trinajstić information content (AvgIpc) is 2.20. The fourth-order valence-electron chi connectivity index (χ4n) is 1.22. The van der Waals surface area contributed by atoms with E-state index in [2.05, 4.69) is 0 Å². The number of hydrogen-bond acceptors (Lipinski definition) is 4. The Hall–Kier alpha value is -1.18. The van der Waals surface area contributed by atoms with Gasteiger partial charge in [0.15, 0.2) is 0 Å². The highest BCUT2D eigenvalue weighted by Crippen LogP contribution is 2.22. The summed E-state index contributed by atoms with van der Waals surface area (Å²) in [6.45, 7) is 1.97. The van der Waals surface area contributed by atoms with Crippen molar-refractivity contribution in [3.05, 3.63) is 37.4 Å². The first kappa shape index (κ1) is 12.9. The van der Waals surface area contributed by atoms with Crippen LogP contribution in [0.25, 0.3) is 0 Å². The number of carbonyl (C=O) groups excluding carboxylic acids is 1. The van der Waals surface area contributed by atoms with Crippen LogP contribution in [0, 0.1) is 13.7 Å². The zero-order valence-corrected chi connectivity index (χ0v) is 10.8. The van der Waals surface area contributed by atoms with Gasteiger partial charge in [-0.05, 0) is 35.6 Å². The minimum atomic E-state index is -0.489. The summed E-state index contributed by atoms with van der Waals surface area (Å²) >= 11 is 1.99. The molecule has 5 nitrogen and oxygen atoms in total. The summed E-state index contributed by atoms with van der Waals surface area (Å²) in [5.74, 6) is -0.452. The van der Waals surface area contributed by atoms with Gasteiger partial charge in [-0.3, -0.25) is 14.9 Å². The van der Waals surface area contributed by atoms with Gasteiger partial charge in [-0.25, -0.2) is 0 Å². The van der Waals surface area contributed by atoms with Crippen molar-refractivity contribution >= 4 is 34.2 Å². The van der Waals surface area contributed by atoms with Gasteiger partial charge in [0.05, 0.1) is 18.0 Å². The fourth-order valence-corrected chi connectivity index (χ4v) is 1.70. The van der Waals surface area contributed by atoms with Crippen molar-refractivity contribution in [3.8, 4) is 0 Å². The van der Waals surface area contributed by atoms with Crippen LogP contribution in [0.4, 0.5) is 5.69 Å². The summed E-state index contributed by atoms with van der Waals surface area (Å²) < 4.78 is 5.51. The van der Waals surface area contributed by atoms with Gasteiger partial charge in [-0.1, -0.05) is 6.07 Å². The number of hydrogen-bond donors (Lipinski definition) is 0. The Kier molecular flexibility index (Phi) is 4.66. The normalized spacial score (nSPS) is 9.88. The quantitative estimate of drug-likeness (QED) is 0.366. The summed E-state index contributed by atoms with van der Waals surface area (Å²) in [7, 11) is 0. The van der Waals surface area contributed by atoms with Crippen LogP contribution < -0.4 is 0 Å². The fraction of sp³-hybridized carbons (Fsp3) is 0.300. The van der Waals surface area contributed by atoms with Crippen molar-refractivity contribution in [1.82, 2.24) is 0 Å². The molecule has 0 aliphatic heterocycles. The Morgan fingerprint density at radius 1 is 1.56 bits per heavy atom. The van der Waals surface area contributed by atoms with E-state index in [0.717, 1.165) is 3.57 Å². The Labute approximate surface area is 106 Å². The number of nitrogens with zero attached hydrogens (tertiary/aromatic N) is 1. The smallest absolute Gasteiger partial charge is 0.310 e. The van der Waals surface area contributed by atoms with E-state index in [4.69, 9.17) is 4.74 Å². The minimum Gasteiger partial charge on any atom is -0.466 e. The second-order valence-electron chi connectivity index (χ2n) is 3.01. The Morgan fingerprint density at radius 2 is 2.25 bits per heavy atom. The first-order chi connectivity index (χ1) is 7.54. The highest BCUT2D eigenvalue weighted by molar-refractivity contribution is 14.1. The van der Waals surface area contributed by atoms with E-state index >= 15 is 0 Å². The van der Waals surface area contributed by atoms with E-state index in [9.17, 15) is 14.9 Å². The molecule has 0 amide bonds. The van der Waals surface area contributed by atoms with Gasteiger partial charge in [0.25, 0.3) is 5.69 Å². The molecule has 0 unspecified atom stereocenters. The molecule has 86 valence electrons. The van der Waals surface area contributed by atoms with Gasteiger partial charge in [-0.2, -0.15) is 0 Å². The summed E-state index contributed by atoms with van der Waals surface area (Å²) in [6.07, 6.45) is -0.0684. The molecular weight excluding hydrogens is 325 g/mol. The lowest BCUT2D eigenvalue weighted by Crippen LogP contribution is -2.09. The number of ether oxygens (including phenoxy) is 1. The van der Waals surface area contributed by atoms with Crippen LogP contribution in [0.1, 0.15) is 12.5 Å². The van der Waals surface area contributed by atoms with Crippen molar-refractivity contribution in [2.24, 2.45) is 0 Å². The SMILES string of the molecule is CCOC(=O)Cc1ccc(I)cc1[N+](=O)[O-]. The van der Waals surface area contributed by atoms with E-state index in [-0.39, 0.29) is 18.7 Å². The molecule has 0 saturated heterocycles. The first-order valence-corrected chi connectivity index (χ1v) is 5.71. The van der Waals surface area contributed by atoms with Gasteiger partial charge < -0.3 is 4.74 Å². The molecule has 0 aliphatic carbocycles. The van der Waals surface area contributed by atoms with E-state index in [1.807, 2.05) is 22.6 Å². The number of carbonyl (C=O) groups is 1. The molecule has 6 heteroatoms. The number of rotatable bonds is 4. The zero-order chi connectivity index (χ0) is 12.1. The van der Waals surface area contributed by atoms with Crippen LogP contribution in [-0.2, 0) is 16.0 Å². The third-order valence-corrected chi connectivity index (χ3v) is 2.56. The number of nitro groups is 1. The largest absolute Gasteiger partial charge is 0.466 e. The molecule has 0 aromatic heterocycles. The van der Waals surface area contributed by atoms with Gasteiger partial charge >= 0.3 is 5.97 Å². The van der Waals surface area contributed by atoms with Gasteiger partial charge in [0.1, 0.15) is 0 Å². The molecule has 1 rings (SSSR count). The van der Waals surface area contributed by atoms with E-state index in [1.54, 1.807) is 19.1 Å². The molecule has 0 atom stereocenters. The molecule has 1 aromatic rings. The second-order valence-corrected chi connectivity index (χ2v) is 4.26. The van der Waals surface area contributed by atoms with Crippen molar-refractivity contribution in [2.45, 2.75) is 13.3 Å². The number of esters is 1. The van der Waals surface area contributed by atoms with Crippen LogP contribution in [0.15, 0.2) is 18.2 Å². The van der Waals surface area contributed by atoms with Crippen LogP contribution in [0.3, 0.4) is 0 Å². The Balaban J connectivity index is 2.95. The summed E-state index contributed by atoms with van der Waals surface area (Å²) in [6, 6.07) is 4.74. The molecule has 0 saturated carbocycles. The molecule has 0 heterocycles. The van der Waals surface area contributed by atoms with Crippen molar-refractivity contribution in [3.63, 3.8) is 0 Å². The highest BCUT2D eigenvalue weighted by Gasteiger charge is 2.17. The Morgan fingerprint density at radius 3 is 2.81 bits per heavy atom. The third kappa shape index (κ3) is 3.44. The van der Waals surface area contributed by atoms with Crippen LogP contribution in [-0.4, -0.2) is 17.5 Å².